The molecule has 0 aromatic carbocycles. The fourth-order valence-corrected chi connectivity index (χ4v) is 2.00. The summed E-state index contributed by atoms with van der Waals surface area (Å²) in [6.45, 7) is 4.03. The number of pyridine rings is 1. The van der Waals surface area contributed by atoms with Crippen LogP contribution in [-0.4, -0.2) is 39.9 Å². The molecule has 2 aromatic heterocycles. The third-order valence-electron chi connectivity index (χ3n) is 3.13. The SMILES string of the molecule is COc1ccc(-n2c(C)nnc2N2CCC2)cn1. The van der Waals surface area contributed by atoms with Gasteiger partial charge in [0.25, 0.3) is 0 Å². The first-order valence-corrected chi connectivity index (χ1v) is 5.97. The van der Waals surface area contributed by atoms with Gasteiger partial charge in [-0.1, -0.05) is 0 Å². The molecule has 0 bridgehead atoms. The van der Waals surface area contributed by atoms with Crippen LogP contribution in [0.1, 0.15) is 12.2 Å². The monoisotopic (exact) mass is 245 g/mol. The quantitative estimate of drug-likeness (QED) is 0.813. The molecule has 0 saturated carbocycles. The van der Waals surface area contributed by atoms with Crippen LogP contribution in [0.5, 0.6) is 5.88 Å². The third-order valence-corrected chi connectivity index (χ3v) is 3.13. The van der Waals surface area contributed by atoms with Crippen molar-refractivity contribution in [1.29, 1.82) is 0 Å². The molecular formula is C12H15N5O. The zero-order valence-corrected chi connectivity index (χ0v) is 10.5. The summed E-state index contributed by atoms with van der Waals surface area (Å²) in [5, 5.41) is 8.39. The van der Waals surface area contributed by atoms with Crippen molar-refractivity contribution >= 4 is 5.95 Å². The van der Waals surface area contributed by atoms with Crippen LogP contribution < -0.4 is 9.64 Å². The molecule has 1 aliphatic heterocycles. The topological polar surface area (TPSA) is 56.1 Å². The van der Waals surface area contributed by atoms with Gasteiger partial charge in [0.05, 0.1) is 19.0 Å². The second kappa shape index (κ2) is 4.29. The van der Waals surface area contributed by atoms with Crippen molar-refractivity contribution in [3.8, 4) is 11.6 Å². The molecule has 1 saturated heterocycles. The molecule has 0 radical (unpaired) electrons. The molecule has 1 aliphatic rings. The van der Waals surface area contributed by atoms with E-state index in [1.807, 2.05) is 23.6 Å². The van der Waals surface area contributed by atoms with Crippen molar-refractivity contribution in [2.45, 2.75) is 13.3 Å². The Morgan fingerprint density at radius 3 is 2.61 bits per heavy atom. The smallest absolute Gasteiger partial charge is 0.231 e. The maximum Gasteiger partial charge on any atom is 0.231 e. The highest BCUT2D eigenvalue weighted by Gasteiger charge is 2.22. The van der Waals surface area contributed by atoms with Crippen LogP contribution in [0.4, 0.5) is 5.95 Å². The molecule has 6 heteroatoms. The number of ether oxygens (including phenoxy) is 1. The summed E-state index contributed by atoms with van der Waals surface area (Å²) in [6.07, 6.45) is 2.99. The lowest BCUT2D eigenvalue weighted by atomic mass is 10.2. The molecule has 0 amide bonds. The highest BCUT2D eigenvalue weighted by Crippen LogP contribution is 2.23. The lowest BCUT2D eigenvalue weighted by molar-refractivity contribution is 0.398. The molecule has 0 unspecified atom stereocenters. The summed E-state index contributed by atoms with van der Waals surface area (Å²) < 4.78 is 7.08. The Morgan fingerprint density at radius 2 is 2.06 bits per heavy atom. The zero-order valence-electron chi connectivity index (χ0n) is 10.5. The van der Waals surface area contributed by atoms with E-state index in [-0.39, 0.29) is 0 Å². The average molecular weight is 245 g/mol. The molecule has 0 N–H and O–H groups in total. The van der Waals surface area contributed by atoms with Gasteiger partial charge in [-0.3, -0.25) is 4.57 Å². The molecular weight excluding hydrogens is 230 g/mol. The zero-order chi connectivity index (χ0) is 12.5. The third kappa shape index (κ3) is 1.70. The van der Waals surface area contributed by atoms with E-state index in [1.165, 1.54) is 6.42 Å². The van der Waals surface area contributed by atoms with Crippen LogP contribution in [-0.2, 0) is 0 Å². The van der Waals surface area contributed by atoms with Crippen molar-refractivity contribution in [2.75, 3.05) is 25.1 Å². The first-order valence-electron chi connectivity index (χ1n) is 5.97. The van der Waals surface area contributed by atoms with Gasteiger partial charge in [0.1, 0.15) is 5.82 Å². The number of hydrogen-bond donors (Lipinski definition) is 0. The van der Waals surface area contributed by atoms with Gasteiger partial charge in [0.2, 0.25) is 11.8 Å². The summed E-state index contributed by atoms with van der Waals surface area (Å²) in [4.78, 5) is 6.43. The normalized spacial score (nSPS) is 14.4. The molecule has 3 rings (SSSR count). The van der Waals surface area contributed by atoms with Crippen LogP contribution in [0, 0.1) is 6.92 Å². The van der Waals surface area contributed by atoms with Gasteiger partial charge in [-0.25, -0.2) is 4.98 Å². The number of hydrogen-bond acceptors (Lipinski definition) is 5. The Kier molecular flexibility index (Phi) is 2.62. The van der Waals surface area contributed by atoms with Gasteiger partial charge in [0.15, 0.2) is 0 Å². The van der Waals surface area contributed by atoms with Crippen LogP contribution in [0.15, 0.2) is 18.3 Å². The second-order valence-electron chi connectivity index (χ2n) is 4.28. The molecule has 3 heterocycles. The molecule has 1 fully saturated rings. The number of aromatic nitrogens is 4. The predicted molar refractivity (Wildman–Crippen MR) is 67.3 cm³/mol. The summed E-state index contributed by atoms with van der Waals surface area (Å²) >= 11 is 0. The number of nitrogens with zero attached hydrogens (tertiary/aromatic N) is 5. The van der Waals surface area contributed by atoms with E-state index in [4.69, 9.17) is 4.74 Å². The molecule has 0 atom stereocenters. The number of methoxy groups -OCH3 is 1. The first-order chi connectivity index (χ1) is 8.79. The van der Waals surface area contributed by atoms with Crippen molar-refractivity contribution < 1.29 is 4.74 Å². The maximum absolute atomic E-state index is 5.06. The average Bonchev–Trinajstić information content (AvgIpc) is 2.69. The van der Waals surface area contributed by atoms with Crippen LogP contribution in [0.3, 0.4) is 0 Å². The van der Waals surface area contributed by atoms with Crippen molar-refractivity contribution in [1.82, 2.24) is 19.7 Å². The Morgan fingerprint density at radius 1 is 1.22 bits per heavy atom. The van der Waals surface area contributed by atoms with E-state index in [0.29, 0.717) is 5.88 Å². The predicted octanol–water partition coefficient (Wildman–Crippen LogP) is 1.19. The first kappa shape index (κ1) is 11.0. The van der Waals surface area contributed by atoms with Gasteiger partial charge in [-0.15, -0.1) is 10.2 Å². The van der Waals surface area contributed by atoms with Crippen molar-refractivity contribution in [2.24, 2.45) is 0 Å². The Hall–Kier alpha value is -2.11. The summed E-state index contributed by atoms with van der Waals surface area (Å²) in [7, 11) is 1.61. The Labute approximate surface area is 105 Å². The molecule has 0 spiro atoms. The van der Waals surface area contributed by atoms with E-state index in [0.717, 1.165) is 30.5 Å². The molecule has 94 valence electrons. The minimum absolute atomic E-state index is 0.606. The Balaban J connectivity index is 2.01. The second-order valence-corrected chi connectivity index (χ2v) is 4.28. The van der Waals surface area contributed by atoms with E-state index in [2.05, 4.69) is 20.1 Å². The number of anilines is 1. The van der Waals surface area contributed by atoms with Gasteiger partial charge in [-0.2, -0.15) is 0 Å². The summed E-state index contributed by atoms with van der Waals surface area (Å²) in [6, 6.07) is 3.81. The maximum atomic E-state index is 5.06. The van der Waals surface area contributed by atoms with E-state index < -0.39 is 0 Å². The number of rotatable bonds is 3. The Bertz CT molecular complexity index is 544. The van der Waals surface area contributed by atoms with Crippen LogP contribution >= 0.6 is 0 Å². The lowest BCUT2D eigenvalue weighted by Crippen LogP contribution is -2.39. The standard InChI is InChI=1S/C12H15N5O/c1-9-14-15-12(16-6-3-7-16)17(9)10-4-5-11(18-2)13-8-10/h4-5,8H,3,6-7H2,1-2H3. The van der Waals surface area contributed by atoms with Gasteiger partial charge >= 0.3 is 0 Å². The van der Waals surface area contributed by atoms with Crippen molar-refractivity contribution in [3.05, 3.63) is 24.2 Å². The van der Waals surface area contributed by atoms with Crippen molar-refractivity contribution in [3.63, 3.8) is 0 Å². The molecule has 18 heavy (non-hydrogen) atoms. The molecule has 2 aromatic rings. The fourth-order valence-electron chi connectivity index (χ4n) is 2.00. The van der Waals surface area contributed by atoms with Gasteiger partial charge in [-0.05, 0) is 19.4 Å². The lowest BCUT2D eigenvalue weighted by Gasteiger charge is -2.31. The fraction of sp³-hybridized carbons (Fsp3) is 0.417. The number of aryl methyl sites for hydroxylation is 1. The van der Waals surface area contributed by atoms with Gasteiger partial charge < -0.3 is 9.64 Å². The molecule has 0 aliphatic carbocycles. The minimum atomic E-state index is 0.606. The van der Waals surface area contributed by atoms with Gasteiger partial charge in [0, 0.05) is 19.2 Å². The molecule has 6 nitrogen and oxygen atoms in total. The summed E-state index contributed by atoms with van der Waals surface area (Å²) in [5.41, 5.74) is 0.959. The largest absolute Gasteiger partial charge is 0.481 e. The van der Waals surface area contributed by atoms with E-state index in [1.54, 1.807) is 13.3 Å². The summed E-state index contributed by atoms with van der Waals surface area (Å²) in [5.74, 6) is 2.37. The van der Waals surface area contributed by atoms with E-state index >= 15 is 0 Å². The van der Waals surface area contributed by atoms with E-state index in [9.17, 15) is 0 Å². The van der Waals surface area contributed by atoms with Crippen LogP contribution in [0.25, 0.3) is 5.69 Å². The highest BCUT2D eigenvalue weighted by atomic mass is 16.5. The highest BCUT2D eigenvalue weighted by molar-refractivity contribution is 5.45. The van der Waals surface area contributed by atoms with Crippen LogP contribution in [0.2, 0.25) is 0 Å². The minimum Gasteiger partial charge on any atom is -0.481 e.